The molecule has 15 heavy (non-hydrogen) atoms. The lowest BCUT2D eigenvalue weighted by atomic mass is 9.91. The molecule has 0 amide bonds. The molecule has 1 fully saturated rings. The summed E-state index contributed by atoms with van der Waals surface area (Å²) in [5, 5.41) is 0. The van der Waals surface area contributed by atoms with Crippen LogP contribution in [-0.4, -0.2) is 12.6 Å². The van der Waals surface area contributed by atoms with Crippen LogP contribution in [0.3, 0.4) is 0 Å². The van der Waals surface area contributed by atoms with E-state index in [1.165, 1.54) is 44.9 Å². The Morgan fingerprint density at radius 3 is 2.40 bits per heavy atom. The fraction of sp³-hybridized carbons (Fsp3) is 0.769. The van der Waals surface area contributed by atoms with Crippen molar-refractivity contribution in [1.82, 2.24) is 0 Å². The van der Waals surface area contributed by atoms with Crippen molar-refractivity contribution in [3.63, 3.8) is 0 Å². The fourth-order valence-corrected chi connectivity index (χ4v) is 2.09. The van der Waals surface area contributed by atoms with E-state index in [1.807, 2.05) is 13.0 Å². The van der Waals surface area contributed by atoms with Crippen molar-refractivity contribution in [3.05, 3.63) is 12.2 Å². The molecule has 0 aromatic carbocycles. The van der Waals surface area contributed by atoms with E-state index in [9.17, 15) is 4.79 Å². The standard InChI is InChI=1S/C13H22O2/c1-2-15-13(14)11-10-12-8-6-4-3-5-7-9-12/h10-12H,2-9H2,1H3. The van der Waals surface area contributed by atoms with E-state index in [-0.39, 0.29) is 5.97 Å². The van der Waals surface area contributed by atoms with E-state index in [0.29, 0.717) is 12.5 Å². The van der Waals surface area contributed by atoms with Crippen molar-refractivity contribution < 1.29 is 9.53 Å². The van der Waals surface area contributed by atoms with Crippen molar-refractivity contribution >= 4 is 5.97 Å². The van der Waals surface area contributed by atoms with Gasteiger partial charge in [0.15, 0.2) is 0 Å². The average Bonchev–Trinajstić information content (AvgIpc) is 2.16. The van der Waals surface area contributed by atoms with Gasteiger partial charge in [-0.1, -0.05) is 38.2 Å². The molecule has 0 unspecified atom stereocenters. The van der Waals surface area contributed by atoms with E-state index in [4.69, 9.17) is 4.74 Å². The molecular formula is C13H22O2. The summed E-state index contributed by atoms with van der Waals surface area (Å²) >= 11 is 0. The zero-order valence-electron chi connectivity index (χ0n) is 9.71. The van der Waals surface area contributed by atoms with Crippen LogP contribution in [0.5, 0.6) is 0 Å². The minimum absolute atomic E-state index is 0.195. The number of hydrogen-bond acceptors (Lipinski definition) is 2. The summed E-state index contributed by atoms with van der Waals surface area (Å²) in [6.07, 6.45) is 12.8. The van der Waals surface area contributed by atoms with E-state index >= 15 is 0 Å². The highest BCUT2D eigenvalue weighted by molar-refractivity contribution is 5.81. The molecule has 0 radical (unpaired) electrons. The molecule has 0 aromatic rings. The molecule has 2 heteroatoms. The monoisotopic (exact) mass is 210 g/mol. The van der Waals surface area contributed by atoms with Gasteiger partial charge in [-0.2, -0.15) is 0 Å². The highest BCUT2D eigenvalue weighted by Crippen LogP contribution is 2.23. The summed E-state index contributed by atoms with van der Waals surface area (Å²) < 4.78 is 4.86. The fourth-order valence-electron chi connectivity index (χ4n) is 2.09. The molecule has 1 rings (SSSR count). The molecule has 0 bridgehead atoms. The third-order valence-electron chi connectivity index (χ3n) is 2.94. The topological polar surface area (TPSA) is 26.3 Å². The maximum absolute atomic E-state index is 11.1. The molecule has 0 saturated heterocycles. The molecule has 1 saturated carbocycles. The van der Waals surface area contributed by atoms with Gasteiger partial charge in [0.2, 0.25) is 0 Å². The first-order valence-corrected chi connectivity index (χ1v) is 6.18. The van der Waals surface area contributed by atoms with E-state index in [1.54, 1.807) is 6.08 Å². The van der Waals surface area contributed by atoms with Crippen LogP contribution in [0.1, 0.15) is 51.9 Å². The zero-order chi connectivity index (χ0) is 10.9. The van der Waals surface area contributed by atoms with E-state index in [0.717, 1.165) is 0 Å². The second-order valence-corrected chi connectivity index (χ2v) is 4.22. The Morgan fingerprint density at radius 1 is 1.20 bits per heavy atom. The van der Waals surface area contributed by atoms with Crippen LogP contribution >= 0.6 is 0 Å². The van der Waals surface area contributed by atoms with Gasteiger partial charge < -0.3 is 4.74 Å². The van der Waals surface area contributed by atoms with Crippen molar-refractivity contribution in [1.29, 1.82) is 0 Å². The number of carbonyl (C=O) groups excluding carboxylic acids is 1. The molecule has 0 aliphatic heterocycles. The summed E-state index contributed by atoms with van der Waals surface area (Å²) in [6.45, 7) is 2.30. The zero-order valence-corrected chi connectivity index (χ0v) is 9.71. The van der Waals surface area contributed by atoms with Crippen molar-refractivity contribution in [2.45, 2.75) is 51.9 Å². The maximum atomic E-state index is 11.1. The summed E-state index contributed by atoms with van der Waals surface area (Å²) in [6, 6.07) is 0. The van der Waals surface area contributed by atoms with Gasteiger partial charge in [0.05, 0.1) is 6.61 Å². The van der Waals surface area contributed by atoms with E-state index in [2.05, 4.69) is 0 Å². The first-order chi connectivity index (χ1) is 7.33. The van der Waals surface area contributed by atoms with Gasteiger partial charge in [-0.3, -0.25) is 0 Å². The van der Waals surface area contributed by atoms with Gasteiger partial charge in [-0.05, 0) is 25.7 Å². The SMILES string of the molecule is CCOC(=O)C=CC1CCCCCCC1. The molecule has 0 N–H and O–H groups in total. The van der Waals surface area contributed by atoms with Crippen LogP contribution in [0.15, 0.2) is 12.2 Å². The van der Waals surface area contributed by atoms with Gasteiger partial charge in [0.1, 0.15) is 0 Å². The predicted molar refractivity (Wildman–Crippen MR) is 61.6 cm³/mol. The minimum Gasteiger partial charge on any atom is -0.463 e. The molecular weight excluding hydrogens is 188 g/mol. The van der Waals surface area contributed by atoms with Crippen molar-refractivity contribution in [3.8, 4) is 0 Å². The normalized spacial score (nSPS) is 19.8. The molecule has 1 aliphatic rings. The number of carbonyl (C=O) groups is 1. The van der Waals surface area contributed by atoms with Crippen molar-refractivity contribution in [2.24, 2.45) is 5.92 Å². The van der Waals surface area contributed by atoms with Crippen molar-refractivity contribution in [2.75, 3.05) is 6.61 Å². The molecule has 0 atom stereocenters. The second kappa shape index (κ2) is 7.49. The van der Waals surface area contributed by atoms with Crippen LogP contribution in [0.25, 0.3) is 0 Å². The smallest absolute Gasteiger partial charge is 0.330 e. The molecule has 0 spiro atoms. The first kappa shape index (κ1) is 12.3. The minimum atomic E-state index is -0.195. The quantitative estimate of drug-likeness (QED) is 0.526. The number of hydrogen-bond donors (Lipinski definition) is 0. The Morgan fingerprint density at radius 2 is 1.80 bits per heavy atom. The van der Waals surface area contributed by atoms with Gasteiger partial charge in [0.25, 0.3) is 0 Å². The Hall–Kier alpha value is -0.790. The Balaban J connectivity index is 2.30. The van der Waals surface area contributed by atoms with Crippen LogP contribution in [-0.2, 0) is 9.53 Å². The highest BCUT2D eigenvalue weighted by atomic mass is 16.5. The summed E-state index contributed by atoms with van der Waals surface area (Å²) in [7, 11) is 0. The van der Waals surface area contributed by atoms with Crippen LogP contribution < -0.4 is 0 Å². The second-order valence-electron chi connectivity index (χ2n) is 4.22. The number of rotatable bonds is 3. The molecule has 0 heterocycles. The van der Waals surface area contributed by atoms with Crippen LogP contribution in [0, 0.1) is 5.92 Å². The molecule has 1 aliphatic carbocycles. The summed E-state index contributed by atoms with van der Waals surface area (Å²) in [5.41, 5.74) is 0. The lowest BCUT2D eigenvalue weighted by molar-refractivity contribution is -0.137. The Labute approximate surface area is 92.7 Å². The Bertz CT molecular complexity index is 201. The lowest BCUT2D eigenvalue weighted by Crippen LogP contribution is -2.03. The third-order valence-corrected chi connectivity index (χ3v) is 2.94. The highest BCUT2D eigenvalue weighted by Gasteiger charge is 2.08. The predicted octanol–water partition coefficient (Wildman–Crippen LogP) is 3.47. The maximum Gasteiger partial charge on any atom is 0.330 e. The number of ether oxygens (including phenoxy) is 1. The molecule has 2 nitrogen and oxygen atoms in total. The van der Waals surface area contributed by atoms with Gasteiger partial charge in [-0.15, -0.1) is 0 Å². The summed E-state index contributed by atoms with van der Waals surface area (Å²) in [5.74, 6) is 0.397. The third kappa shape index (κ3) is 5.60. The van der Waals surface area contributed by atoms with Crippen LogP contribution in [0.2, 0.25) is 0 Å². The van der Waals surface area contributed by atoms with E-state index < -0.39 is 0 Å². The Kier molecular flexibility index (Phi) is 6.14. The van der Waals surface area contributed by atoms with Gasteiger partial charge in [-0.25, -0.2) is 4.79 Å². The number of esters is 1. The van der Waals surface area contributed by atoms with Gasteiger partial charge in [0, 0.05) is 6.08 Å². The largest absolute Gasteiger partial charge is 0.463 e. The van der Waals surface area contributed by atoms with Gasteiger partial charge >= 0.3 is 5.97 Å². The average molecular weight is 210 g/mol. The molecule has 86 valence electrons. The summed E-state index contributed by atoms with van der Waals surface area (Å²) in [4.78, 5) is 11.1. The first-order valence-electron chi connectivity index (χ1n) is 6.18. The molecule has 0 aromatic heterocycles. The lowest BCUT2D eigenvalue weighted by Gasteiger charge is -2.15. The number of allylic oxidation sites excluding steroid dienone is 1. The van der Waals surface area contributed by atoms with Crippen LogP contribution in [0.4, 0.5) is 0 Å².